The van der Waals surface area contributed by atoms with Gasteiger partial charge in [0.05, 0.1) is 23.8 Å². The van der Waals surface area contributed by atoms with E-state index in [9.17, 15) is 14.5 Å². The molecule has 0 spiro atoms. The third-order valence-electron chi connectivity index (χ3n) is 3.20. The average Bonchev–Trinajstić information content (AvgIpc) is 2.47. The maximum absolute atomic E-state index is 13.9. The van der Waals surface area contributed by atoms with Crippen LogP contribution in [-0.2, 0) is 6.54 Å². The summed E-state index contributed by atoms with van der Waals surface area (Å²) in [5.41, 5.74) is 1.88. The molecule has 5 nitrogen and oxygen atoms in total. The molecule has 0 heterocycles. The normalized spacial score (nSPS) is 10.2. The number of hydrogen-bond donors (Lipinski definition) is 1. The second-order valence-corrected chi connectivity index (χ2v) is 4.54. The van der Waals surface area contributed by atoms with Crippen molar-refractivity contribution in [2.45, 2.75) is 13.5 Å². The van der Waals surface area contributed by atoms with Crippen molar-refractivity contribution in [3.05, 3.63) is 63.5 Å². The third-order valence-corrected chi connectivity index (χ3v) is 3.20. The van der Waals surface area contributed by atoms with Crippen molar-refractivity contribution in [1.82, 2.24) is 0 Å². The standard InChI is InChI=1S/C15H15FN2O3/c1-10-5-3-4-6-11(10)9-17-13-8-15(21-2)14(18(19)20)7-12(13)16/h3-8,17H,9H2,1-2H3. The summed E-state index contributed by atoms with van der Waals surface area (Å²) in [6, 6.07) is 9.88. The highest BCUT2D eigenvalue weighted by atomic mass is 19.1. The molecule has 0 aliphatic heterocycles. The van der Waals surface area contributed by atoms with Crippen LogP contribution in [0.15, 0.2) is 36.4 Å². The maximum Gasteiger partial charge on any atom is 0.313 e. The van der Waals surface area contributed by atoms with Crippen molar-refractivity contribution in [3.63, 3.8) is 0 Å². The first-order valence-electron chi connectivity index (χ1n) is 6.33. The van der Waals surface area contributed by atoms with Gasteiger partial charge in [-0.05, 0) is 18.1 Å². The summed E-state index contributed by atoms with van der Waals surface area (Å²) in [6.07, 6.45) is 0. The van der Waals surface area contributed by atoms with Crippen LogP contribution in [0.25, 0.3) is 0 Å². The van der Waals surface area contributed by atoms with Gasteiger partial charge in [-0.1, -0.05) is 24.3 Å². The summed E-state index contributed by atoms with van der Waals surface area (Å²) in [5.74, 6) is -0.662. The molecule has 2 aromatic rings. The zero-order valence-corrected chi connectivity index (χ0v) is 11.7. The van der Waals surface area contributed by atoms with Gasteiger partial charge in [-0.15, -0.1) is 0 Å². The summed E-state index contributed by atoms with van der Waals surface area (Å²) in [5, 5.41) is 13.7. The predicted molar refractivity (Wildman–Crippen MR) is 78.1 cm³/mol. The Morgan fingerprint density at radius 1 is 1.33 bits per heavy atom. The smallest absolute Gasteiger partial charge is 0.313 e. The summed E-state index contributed by atoms with van der Waals surface area (Å²) in [6.45, 7) is 2.38. The molecule has 0 radical (unpaired) electrons. The second kappa shape index (κ2) is 6.21. The first kappa shape index (κ1) is 14.8. The minimum Gasteiger partial charge on any atom is -0.490 e. The Hall–Kier alpha value is -2.63. The fraction of sp³-hybridized carbons (Fsp3) is 0.200. The van der Waals surface area contributed by atoms with Crippen molar-refractivity contribution in [2.75, 3.05) is 12.4 Å². The first-order chi connectivity index (χ1) is 10.0. The fourth-order valence-corrected chi connectivity index (χ4v) is 1.98. The van der Waals surface area contributed by atoms with Gasteiger partial charge in [0.1, 0.15) is 0 Å². The molecule has 0 amide bonds. The van der Waals surface area contributed by atoms with Crippen LogP contribution >= 0.6 is 0 Å². The Kier molecular flexibility index (Phi) is 4.37. The number of rotatable bonds is 5. The number of anilines is 1. The number of nitrogens with one attached hydrogen (secondary N) is 1. The minimum absolute atomic E-state index is 0.0219. The molecule has 2 aromatic carbocycles. The average molecular weight is 290 g/mol. The third kappa shape index (κ3) is 3.28. The molecule has 0 unspecified atom stereocenters. The quantitative estimate of drug-likeness (QED) is 0.674. The highest BCUT2D eigenvalue weighted by Crippen LogP contribution is 2.32. The van der Waals surface area contributed by atoms with E-state index in [1.54, 1.807) is 0 Å². The molecule has 0 atom stereocenters. The summed E-state index contributed by atoms with van der Waals surface area (Å²) in [4.78, 5) is 10.1. The van der Waals surface area contributed by atoms with Crippen LogP contribution in [0.4, 0.5) is 15.8 Å². The lowest BCUT2D eigenvalue weighted by atomic mass is 10.1. The van der Waals surface area contributed by atoms with Crippen molar-refractivity contribution in [2.24, 2.45) is 0 Å². The topological polar surface area (TPSA) is 64.4 Å². The molecule has 0 fully saturated rings. The fourth-order valence-electron chi connectivity index (χ4n) is 1.98. The van der Waals surface area contributed by atoms with Crippen molar-refractivity contribution < 1.29 is 14.1 Å². The largest absolute Gasteiger partial charge is 0.490 e. The molecule has 0 saturated heterocycles. The molecular formula is C15H15FN2O3. The van der Waals surface area contributed by atoms with E-state index in [2.05, 4.69) is 5.32 Å². The summed E-state index contributed by atoms with van der Waals surface area (Å²) < 4.78 is 18.8. The van der Waals surface area contributed by atoms with Gasteiger partial charge in [0, 0.05) is 12.6 Å². The van der Waals surface area contributed by atoms with Gasteiger partial charge in [-0.2, -0.15) is 0 Å². The van der Waals surface area contributed by atoms with Gasteiger partial charge in [0.25, 0.3) is 0 Å². The number of nitrogens with zero attached hydrogens (tertiary/aromatic N) is 1. The number of nitro benzene ring substituents is 1. The zero-order valence-electron chi connectivity index (χ0n) is 11.7. The molecule has 0 aliphatic rings. The number of ether oxygens (including phenoxy) is 1. The van der Waals surface area contributed by atoms with Crippen molar-refractivity contribution in [3.8, 4) is 5.75 Å². The summed E-state index contributed by atoms with van der Waals surface area (Å²) >= 11 is 0. The molecule has 0 aromatic heterocycles. The minimum atomic E-state index is -0.684. The van der Waals surface area contributed by atoms with Crippen LogP contribution < -0.4 is 10.1 Å². The number of aryl methyl sites for hydroxylation is 1. The van der Waals surface area contributed by atoms with Crippen LogP contribution in [-0.4, -0.2) is 12.0 Å². The molecule has 0 aliphatic carbocycles. The van der Waals surface area contributed by atoms with E-state index in [4.69, 9.17) is 4.74 Å². The zero-order chi connectivity index (χ0) is 15.4. The van der Waals surface area contributed by atoms with E-state index < -0.39 is 16.4 Å². The molecule has 0 saturated carbocycles. The lowest BCUT2D eigenvalue weighted by Crippen LogP contribution is -2.04. The second-order valence-electron chi connectivity index (χ2n) is 4.54. The van der Waals surface area contributed by atoms with Gasteiger partial charge in [-0.25, -0.2) is 4.39 Å². The lowest BCUT2D eigenvalue weighted by Gasteiger charge is -2.11. The highest BCUT2D eigenvalue weighted by molar-refractivity contribution is 5.59. The van der Waals surface area contributed by atoms with Crippen LogP contribution in [0, 0.1) is 22.9 Å². The Bertz CT molecular complexity index is 674. The molecular weight excluding hydrogens is 275 g/mol. The van der Waals surface area contributed by atoms with E-state index in [1.165, 1.54) is 13.2 Å². The SMILES string of the molecule is COc1cc(NCc2ccccc2C)c(F)cc1[N+](=O)[O-]. The van der Waals surface area contributed by atoms with E-state index in [-0.39, 0.29) is 11.4 Å². The van der Waals surface area contributed by atoms with Gasteiger partial charge in [-0.3, -0.25) is 10.1 Å². The van der Waals surface area contributed by atoms with Gasteiger partial charge >= 0.3 is 5.69 Å². The predicted octanol–water partition coefficient (Wildman–Crippen LogP) is 3.66. The van der Waals surface area contributed by atoms with Crippen molar-refractivity contribution >= 4 is 11.4 Å². The Morgan fingerprint density at radius 3 is 2.67 bits per heavy atom. The number of nitro groups is 1. The van der Waals surface area contributed by atoms with Crippen LogP contribution in [0.2, 0.25) is 0 Å². The number of halogens is 1. The number of methoxy groups -OCH3 is 1. The van der Waals surface area contributed by atoms with E-state index >= 15 is 0 Å². The Balaban J connectivity index is 2.25. The molecule has 0 bridgehead atoms. The number of hydrogen-bond acceptors (Lipinski definition) is 4. The van der Waals surface area contributed by atoms with E-state index in [0.29, 0.717) is 6.54 Å². The van der Waals surface area contributed by atoms with E-state index in [0.717, 1.165) is 17.2 Å². The van der Waals surface area contributed by atoms with Gasteiger partial charge < -0.3 is 10.1 Å². The molecule has 21 heavy (non-hydrogen) atoms. The van der Waals surface area contributed by atoms with Gasteiger partial charge in [0.2, 0.25) is 0 Å². The van der Waals surface area contributed by atoms with Crippen LogP contribution in [0.1, 0.15) is 11.1 Å². The maximum atomic E-state index is 13.9. The first-order valence-corrected chi connectivity index (χ1v) is 6.33. The summed E-state index contributed by atoms with van der Waals surface area (Å²) in [7, 11) is 1.31. The van der Waals surface area contributed by atoms with Crippen LogP contribution in [0.3, 0.4) is 0 Å². The van der Waals surface area contributed by atoms with E-state index in [1.807, 2.05) is 31.2 Å². The lowest BCUT2D eigenvalue weighted by molar-refractivity contribution is -0.385. The molecule has 110 valence electrons. The molecule has 1 N–H and O–H groups in total. The van der Waals surface area contributed by atoms with Crippen molar-refractivity contribution in [1.29, 1.82) is 0 Å². The number of benzene rings is 2. The highest BCUT2D eigenvalue weighted by Gasteiger charge is 2.19. The molecule has 6 heteroatoms. The molecule has 2 rings (SSSR count). The van der Waals surface area contributed by atoms with Crippen LogP contribution in [0.5, 0.6) is 5.75 Å². The monoisotopic (exact) mass is 290 g/mol. The Morgan fingerprint density at radius 2 is 2.05 bits per heavy atom. The Labute approximate surface area is 121 Å². The van der Waals surface area contributed by atoms with Gasteiger partial charge in [0.15, 0.2) is 11.6 Å².